The molecular formula is C31H30ClN7O2. The molecule has 0 radical (unpaired) electrons. The van der Waals surface area contributed by atoms with Crippen LogP contribution in [0.5, 0.6) is 0 Å². The van der Waals surface area contributed by atoms with Gasteiger partial charge in [0.25, 0.3) is 11.5 Å². The third-order valence-electron chi connectivity index (χ3n) is 7.96. The zero-order valence-electron chi connectivity index (χ0n) is 23.2. The van der Waals surface area contributed by atoms with E-state index in [9.17, 15) is 14.9 Å². The highest BCUT2D eigenvalue weighted by molar-refractivity contribution is 6.30. The normalized spacial score (nSPS) is 15.0. The van der Waals surface area contributed by atoms with Gasteiger partial charge in [-0.05, 0) is 80.3 Å². The molecule has 0 spiro atoms. The highest BCUT2D eigenvalue weighted by Gasteiger charge is 2.28. The van der Waals surface area contributed by atoms with Crippen molar-refractivity contribution < 1.29 is 4.79 Å². The van der Waals surface area contributed by atoms with E-state index >= 15 is 0 Å². The molecule has 4 aromatic rings. The second-order valence-corrected chi connectivity index (χ2v) is 11.8. The summed E-state index contributed by atoms with van der Waals surface area (Å²) in [5.41, 5.74) is 3.78. The van der Waals surface area contributed by atoms with Gasteiger partial charge in [0, 0.05) is 49.7 Å². The lowest BCUT2D eigenvalue weighted by molar-refractivity contribution is 0.0645. The van der Waals surface area contributed by atoms with Gasteiger partial charge in [0.05, 0.1) is 16.6 Å². The van der Waals surface area contributed by atoms with Crippen LogP contribution in [0.15, 0.2) is 47.5 Å². The van der Waals surface area contributed by atoms with Crippen molar-refractivity contribution in [3.8, 4) is 6.07 Å². The van der Waals surface area contributed by atoms with Crippen LogP contribution in [0, 0.1) is 11.3 Å². The number of likely N-dealkylation sites (tertiary alicyclic amines) is 1. The molecular weight excluding hydrogens is 538 g/mol. The Morgan fingerprint density at radius 2 is 1.90 bits per heavy atom. The molecule has 6 rings (SSSR count). The molecule has 3 aromatic heterocycles. The van der Waals surface area contributed by atoms with E-state index in [-0.39, 0.29) is 27.9 Å². The fourth-order valence-corrected chi connectivity index (χ4v) is 5.49. The quantitative estimate of drug-likeness (QED) is 0.315. The Bertz CT molecular complexity index is 1780. The standard InChI is InChI=1S/C31H30ClN7O2/c1-31(2,30-34-16-21(17-35-30)19-6-7-19)37-24-14-27(40)38(3)26-8-5-18(12-22(24)26)11-20-13-25(29(41)39-9-4-10-39)36-28(32)23(20)15-33/h5,8,12-14,16-17,19,37H,4,6-7,9-11H2,1-3H3. The first-order valence-corrected chi connectivity index (χ1v) is 14.1. The molecule has 41 heavy (non-hydrogen) atoms. The number of anilines is 1. The molecule has 1 saturated heterocycles. The lowest BCUT2D eigenvalue weighted by atomic mass is 9.98. The fraction of sp³-hybridized carbons (Fsp3) is 0.355. The van der Waals surface area contributed by atoms with Crippen LogP contribution in [0.2, 0.25) is 5.15 Å². The van der Waals surface area contributed by atoms with Gasteiger partial charge in [0.15, 0.2) is 5.82 Å². The summed E-state index contributed by atoms with van der Waals surface area (Å²) in [5.74, 6) is 1.02. The number of halogens is 1. The van der Waals surface area contributed by atoms with Crippen LogP contribution in [0.4, 0.5) is 5.69 Å². The first kappa shape index (κ1) is 26.9. The van der Waals surface area contributed by atoms with Crippen molar-refractivity contribution >= 4 is 34.1 Å². The number of amides is 1. The number of carbonyl (C=O) groups is 1. The Morgan fingerprint density at radius 1 is 1.17 bits per heavy atom. The van der Waals surface area contributed by atoms with Crippen LogP contribution in [0.1, 0.15) is 77.6 Å². The molecule has 10 heteroatoms. The van der Waals surface area contributed by atoms with Crippen molar-refractivity contribution in [3.05, 3.63) is 92.0 Å². The van der Waals surface area contributed by atoms with E-state index in [4.69, 9.17) is 11.6 Å². The molecule has 208 valence electrons. The zero-order chi connectivity index (χ0) is 28.9. The Balaban J connectivity index is 1.36. The van der Waals surface area contributed by atoms with Crippen molar-refractivity contribution in [3.63, 3.8) is 0 Å². The average Bonchev–Trinajstić information content (AvgIpc) is 3.76. The number of nitrogens with one attached hydrogen (secondary N) is 1. The van der Waals surface area contributed by atoms with Crippen molar-refractivity contribution in [2.75, 3.05) is 18.4 Å². The Kier molecular flexibility index (Phi) is 6.74. The van der Waals surface area contributed by atoms with Crippen LogP contribution in [0.25, 0.3) is 10.9 Å². The summed E-state index contributed by atoms with van der Waals surface area (Å²) >= 11 is 6.37. The van der Waals surface area contributed by atoms with Crippen LogP contribution in [-0.2, 0) is 19.0 Å². The predicted octanol–water partition coefficient (Wildman–Crippen LogP) is 4.91. The number of hydrogen-bond acceptors (Lipinski definition) is 7. The molecule has 9 nitrogen and oxygen atoms in total. The van der Waals surface area contributed by atoms with E-state index in [2.05, 4.69) is 26.3 Å². The van der Waals surface area contributed by atoms with Crippen molar-refractivity contribution in [1.82, 2.24) is 24.4 Å². The zero-order valence-corrected chi connectivity index (χ0v) is 24.0. The third kappa shape index (κ3) is 5.16. The van der Waals surface area contributed by atoms with Crippen LogP contribution >= 0.6 is 11.6 Å². The molecule has 0 atom stereocenters. The van der Waals surface area contributed by atoms with E-state index in [1.54, 1.807) is 28.6 Å². The highest BCUT2D eigenvalue weighted by Crippen LogP contribution is 2.39. The molecule has 2 aliphatic rings. The molecule has 1 saturated carbocycles. The van der Waals surface area contributed by atoms with E-state index in [1.165, 1.54) is 12.8 Å². The summed E-state index contributed by atoms with van der Waals surface area (Å²) in [6.45, 7) is 5.36. The van der Waals surface area contributed by atoms with Crippen molar-refractivity contribution in [2.45, 2.75) is 51.0 Å². The minimum atomic E-state index is -0.657. The summed E-state index contributed by atoms with van der Waals surface area (Å²) in [7, 11) is 1.74. The van der Waals surface area contributed by atoms with E-state index in [0.717, 1.165) is 28.5 Å². The Labute approximate surface area is 242 Å². The SMILES string of the molecule is Cn1c(=O)cc(NC(C)(C)c2ncc(C3CC3)cn2)c2cc(Cc3cc(C(=O)N4CCC4)nc(Cl)c3C#N)ccc21. The maximum absolute atomic E-state index is 12.9. The van der Waals surface area contributed by atoms with Crippen LogP contribution < -0.4 is 10.9 Å². The number of carbonyl (C=O) groups excluding carboxylic acids is 1. The molecule has 2 fully saturated rings. The van der Waals surface area contributed by atoms with Gasteiger partial charge in [0.2, 0.25) is 0 Å². The maximum Gasteiger partial charge on any atom is 0.272 e. The largest absolute Gasteiger partial charge is 0.372 e. The highest BCUT2D eigenvalue weighted by atomic mass is 35.5. The number of benzene rings is 1. The lowest BCUT2D eigenvalue weighted by Gasteiger charge is -2.30. The summed E-state index contributed by atoms with van der Waals surface area (Å²) < 4.78 is 1.60. The number of aryl methyl sites for hydroxylation is 1. The number of nitriles is 1. The molecule has 1 aliphatic heterocycles. The lowest BCUT2D eigenvalue weighted by Crippen LogP contribution is -2.42. The molecule has 0 unspecified atom stereocenters. The minimum Gasteiger partial charge on any atom is -0.372 e. The summed E-state index contributed by atoms with van der Waals surface area (Å²) in [4.78, 5) is 40.9. The van der Waals surface area contributed by atoms with Crippen molar-refractivity contribution in [2.24, 2.45) is 7.05 Å². The predicted molar refractivity (Wildman–Crippen MR) is 157 cm³/mol. The van der Waals surface area contributed by atoms with Gasteiger partial charge in [0.1, 0.15) is 16.9 Å². The Morgan fingerprint density at radius 3 is 2.54 bits per heavy atom. The molecule has 1 aromatic carbocycles. The maximum atomic E-state index is 12.9. The van der Waals surface area contributed by atoms with Gasteiger partial charge >= 0.3 is 0 Å². The first-order chi connectivity index (χ1) is 19.6. The van der Waals surface area contributed by atoms with Gasteiger partial charge in [-0.2, -0.15) is 5.26 Å². The van der Waals surface area contributed by atoms with Gasteiger partial charge in [-0.3, -0.25) is 9.59 Å². The number of aromatic nitrogens is 4. The molecule has 1 amide bonds. The van der Waals surface area contributed by atoms with Crippen LogP contribution in [-0.4, -0.2) is 43.4 Å². The monoisotopic (exact) mass is 567 g/mol. The van der Waals surface area contributed by atoms with E-state index in [1.807, 2.05) is 44.4 Å². The van der Waals surface area contributed by atoms with Gasteiger partial charge in [-0.15, -0.1) is 0 Å². The Hall–Kier alpha value is -4.29. The number of pyridine rings is 2. The molecule has 0 bridgehead atoms. The van der Waals surface area contributed by atoms with Crippen molar-refractivity contribution in [1.29, 1.82) is 5.26 Å². The fourth-order valence-electron chi connectivity index (χ4n) is 5.23. The minimum absolute atomic E-state index is 0.0221. The third-order valence-corrected chi connectivity index (χ3v) is 8.24. The number of rotatable bonds is 7. The van der Waals surface area contributed by atoms with E-state index in [0.29, 0.717) is 42.5 Å². The molecule has 1 aliphatic carbocycles. The molecule has 4 heterocycles. The van der Waals surface area contributed by atoms with Gasteiger partial charge in [-0.25, -0.2) is 15.0 Å². The first-order valence-electron chi connectivity index (χ1n) is 13.8. The van der Waals surface area contributed by atoms with E-state index < -0.39 is 5.54 Å². The van der Waals surface area contributed by atoms with Gasteiger partial charge in [-0.1, -0.05) is 17.7 Å². The second kappa shape index (κ2) is 10.3. The summed E-state index contributed by atoms with van der Waals surface area (Å²) in [6.07, 6.45) is 7.49. The van der Waals surface area contributed by atoms with Gasteiger partial charge < -0.3 is 14.8 Å². The number of fused-ring (bicyclic) bond motifs is 1. The number of nitrogens with zero attached hydrogens (tertiary/aromatic N) is 6. The van der Waals surface area contributed by atoms with Crippen LogP contribution in [0.3, 0.4) is 0 Å². The summed E-state index contributed by atoms with van der Waals surface area (Å²) in [5, 5.41) is 14.2. The molecule has 1 N–H and O–H groups in total. The number of hydrogen-bond donors (Lipinski definition) is 1. The summed E-state index contributed by atoms with van der Waals surface area (Å²) in [6, 6.07) is 11.2. The average molecular weight is 568 g/mol. The smallest absolute Gasteiger partial charge is 0.272 e. The topological polar surface area (TPSA) is 117 Å². The second-order valence-electron chi connectivity index (χ2n) is 11.4.